The summed E-state index contributed by atoms with van der Waals surface area (Å²) < 4.78 is 7.16. The number of fused-ring (bicyclic) bond motifs is 1. The average molecular weight is 356 g/mol. The Morgan fingerprint density at radius 3 is 2.60 bits per heavy atom. The molecule has 0 amide bonds. The molecule has 0 atom stereocenters. The summed E-state index contributed by atoms with van der Waals surface area (Å²) in [7, 11) is 0. The van der Waals surface area contributed by atoms with Crippen molar-refractivity contribution in [2.45, 2.75) is 39.3 Å². The number of esters is 1. The molecular weight excluding hydrogens is 336 g/mol. The minimum absolute atomic E-state index is 0.141. The molecule has 0 fully saturated rings. The maximum absolute atomic E-state index is 12.4. The van der Waals surface area contributed by atoms with Gasteiger partial charge in [0.15, 0.2) is 0 Å². The molecule has 0 aliphatic heterocycles. The van der Waals surface area contributed by atoms with Crippen LogP contribution in [0.5, 0.6) is 5.75 Å². The Balaban J connectivity index is 1.86. The smallest absolute Gasteiger partial charge is 0.315 e. The van der Waals surface area contributed by atoms with Gasteiger partial charge in [0.25, 0.3) is 5.78 Å². The molecule has 0 spiro atoms. The highest BCUT2D eigenvalue weighted by Gasteiger charge is 2.17. The highest BCUT2D eigenvalue weighted by atomic mass is 32.2. The Morgan fingerprint density at radius 2 is 1.92 bits per heavy atom. The van der Waals surface area contributed by atoms with Gasteiger partial charge in [-0.25, -0.2) is 9.50 Å². The van der Waals surface area contributed by atoms with Gasteiger partial charge in [-0.15, -0.1) is 5.10 Å². The third-order valence-corrected chi connectivity index (χ3v) is 4.78. The molecule has 6 nitrogen and oxygen atoms in total. The van der Waals surface area contributed by atoms with Crippen molar-refractivity contribution in [3.8, 4) is 5.75 Å². The molecule has 1 aromatic carbocycles. The second-order valence-electron chi connectivity index (χ2n) is 5.97. The molecule has 0 aliphatic carbocycles. The molecule has 2 heterocycles. The zero-order valence-corrected chi connectivity index (χ0v) is 15.8. The summed E-state index contributed by atoms with van der Waals surface area (Å²) in [5.74, 6) is 0.786. The van der Waals surface area contributed by atoms with Crippen LogP contribution in [0.25, 0.3) is 5.78 Å². The van der Waals surface area contributed by atoms with Crippen molar-refractivity contribution in [2.75, 3.05) is 6.26 Å². The van der Waals surface area contributed by atoms with Gasteiger partial charge in [-0.3, -0.25) is 4.79 Å². The normalized spacial score (nSPS) is 11.1. The summed E-state index contributed by atoms with van der Waals surface area (Å²) in [5.41, 5.74) is 4.69. The first kappa shape index (κ1) is 17.4. The lowest BCUT2D eigenvalue weighted by Crippen LogP contribution is -2.15. The maximum atomic E-state index is 12.4. The number of aromatic nitrogens is 4. The van der Waals surface area contributed by atoms with Crippen LogP contribution < -0.4 is 4.74 Å². The van der Waals surface area contributed by atoms with E-state index in [0.717, 1.165) is 28.1 Å². The van der Waals surface area contributed by atoms with Gasteiger partial charge in [0, 0.05) is 17.0 Å². The minimum atomic E-state index is -0.319. The standard InChI is InChI=1S/C18H20N4O2S/c1-10-6-7-14(8-11(10)2)24-16(23)9-15-12(3)19-17-20-18(25-5)21-22(17)13(15)4/h6-8H,9H2,1-5H3. The molecule has 0 unspecified atom stereocenters. The van der Waals surface area contributed by atoms with Gasteiger partial charge in [0.05, 0.1) is 6.42 Å². The Kier molecular flexibility index (Phi) is 4.76. The van der Waals surface area contributed by atoms with Crippen LogP contribution in [0.1, 0.15) is 28.1 Å². The van der Waals surface area contributed by atoms with Crippen molar-refractivity contribution in [1.29, 1.82) is 0 Å². The largest absolute Gasteiger partial charge is 0.426 e. The molecule has 3 rings (SSSR count). The topological polar surface area (TPSA) is 69.4 Å². The van der Waals surface area contributed by atoms with E-state index >= 15 is 0 Å². The van der Waals surface area contributed by atoms with E-state index in [2.05, 4.69) is 15.1 Å². The molecule has 2 aromatic heterocycles. The first-order valence-corrected chi connectivity index (χ1v) is 9.16. The number of carbonyl (C=O) groups excluding carboxylic acids is 1. The summed E-state index contributed by atoms with van der Waals surface area (Å²) in [5, 5.41) is 5.06. The van der Waals surface area contributed by atoms with Crippen LogP contribution in [0.3, 0.4) is 0 Å². The Labute approximate surface area is 150 Å². The van der Waals surface area contributed by atoms with Gasteiger partial charge in [-0.1, -0.05) is 17.8 Å². The van der Waals surface area contributed by atoms with E-state index in [0.29, 0.717) is 16.7 Å². The molecule has 0 saturated heterocycles. The quantitative estimate of drug-likeness (QED) is 0.406. The van der Waals surface area contributed by atoms with Crippen molar-refractivity contribution in [1.82, 2.24) is 19.6 Å². The van der Waals surface area contributed by atoms with Crippen LogP contribution in [-0.4, -0.2) is 31.8 Å². The van der Waals surface area contributed by atoms with Crippen molar-refractivity contribution in [2.24, 2.45) is 0 Å². The minimum Gasteiger partial charge on any atom is -0.426 e. The first-order valence-electron chi connectivity index (χ1n) is 7.94. The number of nitrogens with zero attached hydrogens (tertiary/aromatic N) is 4. The third kappa shape index (κ3) is 3.51. The number of thioether (sulfide) groups is 1. The van der Waals surface area contributed by atoms with Gasteiger partial charge in [-0.05, 0) is 57.2 Å². The fourth-order valence-corrected chi connectivity index (χ4v) is 2.96. The third-order valence-electron chi connectivity index (χ3n) is 4.24. The second kappa shape index (κ2) is 6.84. The number of aryl methyl sites for hydroxylation is 4. The number of benzene rings is 1. The van der Waals surface area contributed by atoms with Crippen molar-refractivity contribution in [3.05, 3.63) is 46.3 Å². The van der Waals surface area contributed by atoms with E-state index in [1.165, 1.54) is 11.8 Å². The summed E-state index contributed by atoms with van der Waals surface area (Å²) in [6.07, 6.45) is 2.06. The lowest BCUT2D eigenvalue weighted by atomic mass is 10.1. The SMILES string of the molecule is CSc1nc2nc(C)c(CC(=O)Oc3ccc(C)c(C)c3)c(C)n2n1. The molecule has 3 aromatic rings. The van der Waals surface area contributed by atoms with Gasteiger partial charge in [0.2, 0.25) is 5.16 Å². The zero-order valence-electron chi connectivity index (χ0n) is 15.0. The van der Waals surface area contributed by atoms with E-state index in [-0.39, 0.29) is 12.4 Å². The number of hydrogen-bond acceptors (Lipinski definition) is 6. The number of ether oxygens (including phenoxy) is 1. The highest BCUT2D eigenvalue weighted by molar-refractivity contribution is 7.98. The fraction of sp³-hybridized carbons (Fsp3) is 0.333. The van der Waals surface area contributed by atoms with Gasteiger partial charge >= 0.3 is 5.97 Å². The Bertz CT molecular complexity index is 965. The van der Waals surface area contributed by atoms with E-state index in [1.807, 2.05) is 52.1 Å². The molecule has 130 valence electrons. The summed E-state index contributed by atoms with van der Waals surface area (Å²) in [6.45, 7) is 7.81. The fourth-order valence-electron chi connectivity index (χ4n) is 2.62. The van der Waals surface area contributed by atoms with Gasteiger partial charge < -0.3 is 4.74 Å². The van der Waals surface area contributed by atoms with Crippen LogP contribution in [0.4, 0.5) is 0 Å². The predicted molar refractivity (Wildman–Crippen MR) is 97.3 cm³/mol. The summed E-state index contributed by atoms with van der Waals surface area (Å²) in [6, 6.07) is 5.63. The number of carbonyl (C=O) groups is 1. The molecule has 0 N–H and O–H groups in total. The van der Waals surface area contributed by atoms with Crippen LogP contribution in [0.2, 0.25) is 0 Å². The maximum Gasteiger partial charge on any atom is 0.315 e. The monoisotopic (exact) mass is 356 g/mol. The first-order chi connectivity index (χ1) is 11.9. The lowest BCUT2D eigenvalue weighted by Gasteiger charge is -2.11. The molecule has 0 saturated carbocycles. The van der Waals surface area contributed by atoms with Crippen LogP contribution in [-0.2, 0) is 11.2 Å². The van der Waals surface area contributed by atoms with E-state index in [1.54, 1.807) is 4.52 Å². The van der Waals surface area contributed by atoms with Crippen LogP contribution >= 0.6 is 11.8 Å². The van der Waals surface area contributed by atoms with E-state index < -0.39 is 0 Å². The molecule has 25 heavy (non-hydrogen) atoms. The Morgan fingerprint density at radius 1 is 1.16 bits per heavy atom. The zero-order chi connectivity index (χ0) is 18.1. The number of hydrogen-bond donors (Lipinski definition) is 0. The molecule has 0 radical (unpaired) electrons. The predicted octanol–water partition coefficient (Wildman–Crippen LogP) is 3.23. The molecule has 0 aliphatic rings. The van der Waals surface area contributed by atoms with E-state index in [4.69, 9.17) is 4.74 Å². The van der Waals surface area contributed by atoms with Crippen LogP contribution in [0, 0.1) is 27.7 Å². The highest BCUT2D eigenvalue weighted by Crippen LogP contribution is 2.20. The number of rotatable bonds is 4. The summed E-state index contributed by atoms with van der Waals surface area (Å²) in [4.78, 5) is 21.2. The molecule has 0 bridgehead atoms. The van der Waals surface area contributed by atoms with Crippen molar-refractivity contribution >= 4 is 23.5 Å². The molecule has 7 heteroatoms. The summed E-state index contributed by atoms with van der Waals surface area (Å²) >= 11 is 1.46. The second-order valence-corrected chi connectivity index (χ2v) is 6.74. The van der Waals surface area contributed by atoms with Gasteiger partial charge in [0.1, 0.15) is 5.75 Å². The Hall–Kier alpha value is -2.41. The van der Waals surface area contributed by atoms with Gasteiger partial charge in [-0.2, -0.15) is 4.98 Å². The van der Waals surface area contributed by atoms with Crippen molar-refractivity contribution in [3.63, 3.8) is 0 Å². The lowest BCUT2D eigenvalue weighted by molar-refractivity contribution is -0.133. The van der Waals surface area contributed by atoms with Crippen molar-refractivity contribution < 1.29 is 9.53 Å². The van der Waals surface area contributed by atoms with E-state index in [9.17, 15) is 4.79 Å². The van der Waals surface area contributed by atoms with Crippen LogP contribution in [0.15, 0.2) is 23.4 Å². The molecular formula is C18H20N4O2S. The average Bonchev–Trinajstić information content (AvgIpc) is 2.98.